The minimum Gasteiger partial charge on any atom is -0.453 e. The summed E-state index contributed by atoms with van der Waals surface area (Å²) in [6.45, 7) is 4.92. The number of nitrogens with zero attached hydrogens (tertiary/aromatic N) is 4. The molecule has 2 aliphatic heterocycles. The number of halogens is 1. The SMILES string of the molecule is CC1CCCN(S(=O)(=O)Nc2ccc(F)c(Oc3ccc4ncc(C5CC6(CCNCC6)C5)nc4c3)c2C#N)C1. The monoisotopic (exact) mass is 564 g/mol. The van der Waals surface area contributed by atoms with E-state index in [1.54, 1.807) is 18.2 Å². The zero-order valence-corrected chi connectivity index (χ0v) is 23.3. The highest BCUT2D eigenvalue weighted by molar-refractivity contribution is 7.90. The van der Waals surface area contributed by atoms with E-state index in [-0.39, 0.29) is 28.7 Å². The normalized spacial score (nSPS) is 21.6. The van der Waals surface area contributed by atoms with Crippen LogP contribution in [0.3, 0.4) is 0 Å². The van der Waals surface area contributed by atoms with Crippen LogP contribution in [0.25, 0.3) is 11.0 Å². The van der Waals surface area contributed by atoms with Crippen molar-refractivity contribution in [2.45, 2.75) is 51.4 Å². The Labute approximate surface area is 233 Å². The van der Waals surface area contributed by atoms with Gasteiger partial charge in [0.15, 0.2) is 11.6 Å². The van der Waals surface area contributed by atoms with E-state index < -0.39 is 16.0 Å². The highest BCUT2D eigenvalue weighted by atomic mass is 32.2. The van der Waals surface area contributed by atoms with Crippen molar-refractivity contribution >= 4 is 26.9 Å². The average molecular weight is 565 g/mol. The number of aromatic nitrogens is 2. The second-order valence-electron chi connectivity index (χ2n) is 11.5. The third kappa shape index (κ3) is 5.23. The molecule has 11 heteroatoms. The maximum absolute atomic E-state index is 15.0. The molecule has 6 rings (SSSR count). The number of nitriles is 1. The van der Waals surface area contributed by atoms with Crippen LogP contribution >= 0.6 is 0 Å². The van der Waals surface area contributed by atoms with Crippen molar-refractivity contribution in [2.24, 2.45) is 11.3 Å². The summed E-state index contributed by atoms with van der Waals surface area (Å²) in [4.78, 5) is 9.44. The molecule has 2 N–H and O–H groups in total. The molecule has 1 unspecified atom stereocenters. The van der Waals surface area contributed by atoms with Gasteiger partial charge in [-0.3, -0.25) is 9.71 Å². The molecule has 3 aliphatic rings. The molecule has 40 heavy (non-hydrogen) atoms. The lowest BCUT2D eigenvalue weighted by atomic mass is 9.57. The standard InChI is InChI=1S/C29H33FN6O3S/c1-19-3-2-12-36(18-19)40(37,38)35-24-7-5-23(30)28(22(24)16-31)39-21-4-6-25-26(13-21)34-27(17-33-25)20-14-29(15-20)8-10-32-11-9-29/h4-7,13,17,19-20,32,35H,2-3,8-12,14-15,18H2,1H3. The van der Waals surface area contributed by atoms with E-state index >= 15 is 0 Å². The quantitative estimate of drug-likeness (QED) is 0.429. The molecule has 1 aliphatic carbocycles. The van der Waals surface area contributed by atoms with E-state index in [1.807, 2.05) is 19.2 Å². The van der Waals surface area contributed by atoms with E-state index in [0.717, 1.165) is 50.5 Å². The molecule has 9 nitrogen and oxygen atoms in total. The number of nitrogens with one attached hydrogen (secondary N) is 2. The van der Waals surface area contributed by atoms with Gasteiger partial charge < -0.3 is 10.1 Å². The molecule has 0 radical (unpaired) electrons. The van der Waals surface area contributed by atoms with Crippen molar-refractivity contribution in [1.29, 1.82) is 5.26 Å². The van der Waals surface area contributed by atoms with Crippen molar-refractivity contribution in [1.82, 2.24) is 19.6 Å². The fraction of sp³-hybridized carbons (Fsp3) is 0.483. The van der Waals surface area contributed by atoms with Gasteiger partial charge in [-0.1, -0.05) is 6.92 Å². The Morgan fingerprint density at radius 3 is 2.75 bits per heavy atom. The smallest absolute Gasteiger partial charge is 0.301 e. The van der Waals surface area contributed by atoms with Gasteiger partial charge in [0, 0.05) is 31.3 Å². The summed E-state index contributed by atoms with van der Waals surface area (Å²) in [7, 11) is -3.92. The van der Waals surface area contributed by atoms with Crippen LogP contribution in [0.2, 0.25) is 0 Å². The fourth-order valence-corrected chi connectivity index (χ4v) is 7.76. The molecule has 0 amide bonds. The molecule has 3 heterocycles. The molecule has 1 atom stereocenters. The average Bonchev–Trinajstić information content (AvgIpc) is 2.93. The molecular formula is C29H33FN6O3S. The molecule has 1 aromatic heterocycles. The van der Waals surface area contributed by atoms with Crippen LogP contribution in [0.15, 0.2) is 36.5 Å². The topological polar surface area (TPSA) is 120 Å². The fourth-order valence-electron chi connectivity index (χ4n) is 6.36. The molecular weight excluding hydrogens is 531 g/mol. The molecule has 2 aromatic carbocycles. The van der Waals surface area contributed by atoms with E-state index in [1.165, 1.54) is 23.2 Å². The number of rotatable bonds is 6. The number of ether oxygens (including phenoxy) is 1. The number of hydrogen-bond acceptors (Lipinski definition) is 7. The van der Waals surface area contributed by atoms with Crippen LogP contribution in [0, 0.1) is 28.5 Å². The van der Waals surface area contributed by atoms with Crippen LogP contribution in [0.4, 0.5) is 10.1 Å². The van der Waals surface area contributed by atoms with Crippen LogP contribution in [-0.2, 0) is 10.2 Å². The summed E-state index contributed by atoms with van der Waals surface area (Å²) in [5.74, 6) is -0.227. The first kappa shape index (κ1) is 26.9. The predicted octanol–water partition coefficient (Wildman–Crippen LogP) is 5.07. The third-order valence-corrected chi connectivity index (χ3v) is 10.1. The van der Waals surface area contributed by atoms with Crippen LogP contribution < -0.4 is 14.8 Å². The minimum absolute atomic E-state index is 0.0307. The van der Waals surface area contributed by atoms with Gasteiger partial charge in [0.2, 0.25) is 0 Å². The minimum atomic E-state index is -3.92. The first-order chi connectivity index (χ1) is 19.2. The summed E-state index contributed by atoms with van der Waals surface area (Å²) in [5.41, 5.74) is 2.41. The predicted molar refractivity (Wildman–Crippen MR) is 150 cm³/mol. The lowest BCUT2D eigenvalue weighted by molar-refractivity contribution is 0.0586. The van der Waals surface area contributed by atoms with E-state index in [4.69, 9.17) is 9.72 Å². The van der Waals surface area contributed by atoms with E-state index in [9.17, 15) is 18.1 Å². The highest BCUT2D eigenvalue weighted by Gasteiger charge is 2.45. The van der Waals surface area contributed by atoms with Gasteiger partial charge in [-0.15, -0.1) is 0 Å². The van der Waals surface area contributed by atoms with Crippen molar-refractivity contribution in [3.8, 4) is 17.6 Å². The molecule has 3 fully saturated rings. The van der Waals surface area contributed by atoms with Crippen LogP contribution in [0.5, 0.6) is 11.5 Å². The maximum Gasteiger partial charge on any atom is 0.301 e. The molecule has 0 bridgehead atoms. The summed E-state index contributed by atoms with van der Waals surface area (Å²) in [6.07, 6.45) is 8.18. The largest absolute Gasteiger partial charge is 0.453 e. The Morgan fingerprint density at radius 2 is 2.00 bits per heavy atom. The van der Waals surface area contributed by atoms with E-state index in [2.05, 4.69) is 15.0 Å². The lowest BCUT2D eigenvalue weighted by Gasteiger charge is -2.50. The van der Waals surface area contributed by atoms with Crippen LogP contribution in [-0.4, -0.2) is 48.9 Å². The van der Waals surface area contributed by atoms with Crippen LogP contribution in [0.1, 0.15) is 62.6 Å². The van der Waals surface area contributed by atoms with Gasteiger partial charge in [0.1, 0.15) is 17.4 Å². The first-order valence-corrected chi connectivity index (χ1v) is 15.4. The molecule has 1 spiro atoms. The zero-order valence-electron chi connectivity index (χ0n) is 22.5. The Bertz CT molecular complexity index is 1580. The Hall–Kier alpha value is -3.33. The van der Waals surface area contributed by atoms with Gasteiger partial charge in [-0.05, 0) is 87.2 Å². The van der Waals surface area contributed by atoms with Gasteiger partial charge in [0.05, 0.1) is 22.4 Å². The third-order valence-electron chi connectivity index (χ3n) is 8.61. The summed E-state index contributed by atoms with van der Waals surface area (Å²) in [5, 5.41) is 13.3. The Kier molecular flexibility index (Phi) is 7.10. The number of benzene rings is 2. The van der Waals surface area contributed by atoms with E-state index in [0.29, 0.717) is 35.5 Å². The van der Waals surface area contributed by atoms with Gasteiger partial charge in [0.25, 0.3) is 0 Å². The maximum atomic E-state index is 15.0. The Morgan fingerprint density at radius 1 is 1.20 bits per heavy atom. The van der Waals surface area contributed by atoms with Crippen molar-refractivity contribution in [3.05, 3.63) is 53.6 Å². The van der Waals surface area contributed by atoms with Gasteiger partial charge in [-0.25, -0.2) is 9.37 Å². The number of hydrogen-bond donors (Lipinski definition) is 2. The number of piperidine rings is 2. The molecule has 2 saturated heterocycles. The highest BCUT2D eigenvalue weighted by Crippen LogP contribution is 2.55. The summed E-state index contributed by atoms with van der Waals surface area (Å²) in [6, 6.07) is 9.32. The summed E-state index contributed by atoms with van der Waals surface area (Å²) < 4.78 is 50.7. The molecule has 210 valence electrons. The lowest BCUT2D eigenvalue weighted by Crippen LogP contribution is -2.44. The molecule has 1 saturated carbocycles. The number of fused-ring (bicyclic) bond motifs is 1. The summed E-state index contributed by atoms with van der Waals surface area (Å²) >= 11 is 0. The van der Waals surface area contributed by atoms with Crippen molar-refractivity contribution in [2.75, 3.05) is 30.9 Å². The van der Waals surface area contributed by atoms with Gasteiger partial charge in [-0.2, -0.15) is 18.0 Å². The van der Waals surface area contributed by atoms with Crippen molar-refractivity contribution < 1.29 is 17.5 Å². The van der Waals surface area contributed by atoms with Crippen molar-refractivity contribution in [3.63, 3.8) is 0 Å². The Balaban J connectivity index is 1.24. The molecule has 3 aromatic rings. The number of anilines is 1. The first-order valence-electron chi connectivity index (χ1n) is 13.9. The second kappa shape index (κ2) is 10.6. The zero-order chi connectivity index (χ0) is 27.9. The van der Waals surface area contributed by atoms with Gasteiger partial charge >= 0.3 is 10.2 Å². The second-order valence-corrected chi connectivity index (χ2v) is 13.2.